The molecule has 2 rings (SSSR count). The molecule has 0 aliphatic carbocycles. The summed E-state index contributed by atoms with van der Waals surface area (Å²) in [6.07, 6.45) is 1.58. The van der Waals surface area contributed by atoms with Gasteiger partial charge in [-0.1, -0.05) is 0 Å². The molecule has 0 atom stereocenters. The van der Waals surface area contributed by atoms with Gasteiger partial charge in [-0.05, 0) is 30.3 Å². The molecule has 0 saturated carbocycles. The van der Waals surface area contributed by atoms with Gasteiger partial charge in [0.1, 0.15) is 18.1 Å². The van der Waals surface area contributed by atoms with Crippen LogP contribution in [0.15, 0.2) is 47.4 Å². The second kappa shape index (κ2) is 7.49. The largest absolute Gasteiger partial charge is 0.497 e. The molecule has 1 aromatic heterocycles. The molecule has 1 amide bonds. The van der Waals surface area contributed by atoms with Crippen molar-refractivity contribution in [1.29, 1.82) is 0 Å². The molecule has 6 heteroatoms. The Bertz CT molecular complexity index is 722. The number of aromatic nitrogens is 1. The van der Waals surface area contributed by atoms with E-state index in [-0.39, 0.29) is 11.5 Å². The van der Waals surface area contributed by atoms with Crippen LogP contribution in [0, 0.1) is 0 Å². The van der Waals surface area contributed by atoms with E-state index in [0.717, 1.165) is 5.75 Å². The third-order valence-corrected chi connectivity index (χ3v) is 3.45. The predicted octanol–water partition coefficient (Wildman–Crippen LogP) is 1.54. The highest BCUT2D eigenvalue weighted by Crippen LogP contribution is 2.16. The minimum Gasteiger partial charge on any atom is -0.497 e. The van der Waals surface area contributed by atoms with Gasteiger partial charge in [0.15, 0.2) is 0 Å². The van der Waals surface area contributed by atoms with E-state index < -0.39 is 0 Å². The smallest absolute Gasteiger partial charge is 0.253 e. The lowest BCUT2D eigenvalue weighted by Crippen LogP contribution is -2.32. The van der Waals surface area contributed by atoms with Gasteiger partial charge in [0.25, 0.3) is 11.5 Å². The number of rotatable bonds is 6. The highest BCUT2D eigenvalue weighted by molar-refractivity contribution is 5.93. The minimum atomic E-state index is -0.210. The van der Waals surface area contributed by atoms with Crippen LogP contribution in [0.3, 0.4) is 0 Å². The highest BCUT2D eigenvalue weighted by atomic mass is 16.5. The fourth-order valence-corrected chi connectivity index (χ4v) is 1.98. The zero-order valence-electron chi connectivity index (χ0n) is 13.5. The lowest BCUT2D eigenvalue weighted by molar-refractivity contribution is 0.0773. The first kappa shape index (κ1) is 16.6. The van der Waals surface area contributed by atoms with Crippen LogP contribution in [0.1, 0.15) is 10.4 Å². The van der Waals surface area contributed by atoms with Gasteiger partial charge in [0.05, 0.1) is 13.7 Å². The summed E-state index contributed by atoms with van der Waals surface area (Å²) in [6.45, 7) is 0.777. The maximum absolute atomic E-state index is 12.2. The van der Waals surface area contributed by atoms with Crippen molar-refractivity contribution < 1.29 is 14.3 Å². The van der Waals surface area contributed by atoms with Crippen LogP contribution in [0.25, 0.3) is 0 Å². The van der Waals surface area contributed by atoms with Gasteiger partial charge in [-0.3, -0.25) is 9.59 Å². The number of likely N-dealkylation sites (N-methyl/N-ethyl adjacent to an activating group) is 1. The van der Waals surface area contributed by atoms with Crippen LogP contribution >= 0.6 is 0 Å². The molecular formula is C17H20N2O4. The van der Waals surface area contributed by atoms with Crippen LogP contribution in [-0.2, 0) is 7.05 Å². The van der Waals surface area contributed by atoms with Gasteiger partial charge in [0, 0.05) is 31.9 Å². The first-order valence-corrected chi connectivity index (χ1v) is 7.20. The van der Waals surface area contributed by atoms with Gasteiger partial charge in [-0.2, -0.15) is 0 Å². The maximum atomic E-state index is 12.2. The van der Waals surface area contributed by atoms with Crippen molar-refractivity contribution in [1.82, 2.24) is 9.47 Å². The van der Waals surface area contributed by atoms with Crippen molar-refractivity contribution >= 4 is 5.91 Å². The number of hydrogen-bond donors (Lipinski definition) is 0. The average Bonchev–Trinajstić information content (AvgIpc) is 2.57. The molecule has 0 fully saturated rings. The fourth-order valence-electron chi connectivity index (χ4n) is 1.98. The summed E-state index contributed by atoms with van der Waals surface area (Å²) < 4.78 is 12.1. The number of ether oxygens (including phenoxy) is 2. The fraction of sp³-hybridized carbons (Fsp3) is 0.294. The van der Waals surface area contributed by atoms with E-state index in [0.29, 0.717) is 24.5 Å². The minimum absolute atomic E-state index is 0.207. The molecular weight excluding hydrogens is 296 g/mol. The van der Waals surface area contributed by atoms with E-state index in [2.05, 4.69) is 0 Å². The standard InChI is InChI=1S/C17H20N2O4/c1-18-9-8-13(12-16(18)20)17(21)19(2)10-11-23-15-6-4-14(22-3)5-7-15/h4-9,12H,10-11H2,1-3H3. The third kappa shape index (κ3) is 4.35. The summed E-state index contributed by atoms with van der Waals surface area (Å²) in [6, 6.07) is 10.2. The highest BCUT2D eigenvalue weighted by Gasteiger charge is 2.12. The lowest BCUT2D eigenvalue weighted by atomic mass is 10.2. The Balaban J connectivity index is 1.88. The molecule has 0 saturated heterocycles. The molecule has 0 aliphatic rings. The Morgan fingerprint density at radius 3 is 2.43 bits per heavy atom. The van der Waals surface area contributed by atoms with E-state index in [1.54, 1.807) is 33.5 Å². The quantitative estimate of drug-likeness (QED) is 0.811. The molecule has 23 heavy (non-hydrogen) atoms. The van der Waals surface area contributed by atoms with Crippen LogP contribution in [0.5, 0.6) is 11.5 Å². The van der Waals surface area contributed by atoms with Crippen molar-refractivity contribution in [3.63, 3.8) is 0 Å². The average molecular weight is 316 g/mol. The van der Waals surface area contributed by atoms with Crippen molar-refractivity contribution in [2.45, 2.75) is 0 Å². The second-order valence-corrected chi connectivity index (χ2v) is 5.12. The summed E-state index contributed by atoms with van der Waals surface area (Å²) in [4.78, 5) is 25.3. The van der Waals surface area contributed by atoms with Crippen LogP contribution in [-0.4, -0.2) is 42.7 Å². The van der Waals surface area contributed by atoms with Crippen LogP contribution in [0.4, 0.5) is 0 Å². The third-order valence-electron chi connectivity index (χ3n) is 3.45. The topological polar surface area (TPSA) is 60.8 Å². The Morgan fingerprint density at radius 1 is 1.17 bits per heavy atom. The van der Waals surface area contributed by atoms with Crippen molar-refractivity contribution in [3.8, 4) is 11.5 Å². The number of pyridine rings is 1. The SMILES string of the molecule is COc1ccc(OCCN(C)C(=O)c2ccn(C)c(=O)c2)cc1. The number of aryl methyl sites for hydroxylation is 1. The second-order valence-electron chi connectivity index (χ2n) is 5.12. The first-order chi connectivity index (χ1) is 11.0. The summed E-state index contributed by atoms with van der Waals surface area (Å²) in [5, 5.41) is 0. The molecule has 0 aliphatic heterocycles. The van der Waals surface area contributed by atoms with Crippen LogP contribution in [0.2, 0.25) is 0 Å². The Labute approximate surface area is 134 Å². The molecule has 0 radical (unpaired) electrons. The van der Waals surface area contributed by atoms with Gasteiger partial charge < -0.3 is 18.9 Å². The number of methoxy groups -OCH3 is 1. The van der Waals surface area contributed by atoms with E-state index in [9.17, 15) is 9.59 Å². The van der Waals surface area contributed by atoms with Crippen molar-refractivity contribution in [3.05, 3.63) is 58.5 Å². The van der Waals surface area contributed by atoms with Crippen molar-refractivity contribution in [2.24, 2.45) is 7.05 Å². The van der Waals surface area contributed by atoms with E-state index >= 15 is 0 Å². The molecule has 0 spiro atoms. The summed E-state index contributed by atoms with van der Waals surface area (Å²) in [5.74, 6) is 1.26. The number of amides is 1. The number of hydrogen-bond acceptors (Lipinski definition) is 4. The molecule has 122 valence electrons. The molecule has 0 N–H and O–H groups in total. The summed E-state index contributed by atoms with van der Waals surface area (Å²) in [5.41, 5.74) is 0.166. The zero-order chi connectivity index (χ0) is 16.8. The molecule has 1 heterocycles. The number of nitrogens with zero attached hydrogens (tertiary/aromatic N) is 2. The van der Waals surface area contributed by atoms with E-state index in [1.165, 1.54) is 15.5 Å². The molecule has 0 unspecified atom stereocenters. The summed E-state index contributed by atoms with van der Waals surface area (Å²) >= 11 is 0. The predicted molar refractivity (Wildman–Crippen MR) is 87.1 cm³/mol. The monoisotopic (exact) mass is 316 g/mol. The molecule has 0 bridgehead atoms. The molecule has 6 nitrogen and oxygen atoms in total. The maximum Gasteiger partial charge on any atom is 0.253 e. The summed E-state index contributed by atoms with van der Waals surface area (Å²) in [7, 11) is 4.92. The van der Waals surface area contributed by atoms with Crippen molar-refractivity contribution in [2.75, 3.05) is 27.3 Å². The van der Waals surface area contributed by atoms with Crippen LogP contribution < -0.4 is 15.0 Å². The van der Waals surface area contributed by atoms with Gasteiger partial charge in [-0.25, -0.2) is 0 Å². The number of carbonyl (C=O) groups excluding carboxylic acids is 1. The molecule has 2 aromatic rings. The number of benzene rings is 1. The normalized spacial score (nSPS) is 10.2. The number of carbonyl (C=O) groups is 1. The first-order valence-electron chi connectivity index (χ1n) is 7.20. The van der Waals surface area contributed by atoms with E-state index in [4.69, 9.17) is 9.47 Å². The Kier molecular flexibility index (Phi) is 5.41. The van der Waals surface area contributed by atoms with Gasteiger partial charge >= 0.3 is 0 Å². The Morgan fingerprint density at radius 2 is 1.83 bits per heavy atom. The Hall–Kier alpha value is -2.76. The van der Waals surface area contributed by atoms with E-state index in [1.807, 2.05) is 24.3 Å². The van der Waals surface area contributed by atoms with Gasteiger partial charge in [-0.15, -0.1) is 0 Å². The zero-order valence-corrected chi connectivity index (χ0v) is 13.5. The lowest BCUT2D eigenvalue weighted by Gasteiger charge is -2.17. The van der Waals surface area contributed by atoms with Gasteiger partial charge in [0.2, 0.25) is 0 Å². The molecule has 1 aromatic carbocycles.